The second-order valence-electron chi connectivity index (χ2n) is 7.48. The Morgan fingerprint density at radius 1 is 1.09 bits per heavy atom. The molecule has 2 aromatic rings. The highest BCUT2D eigenvalue weighted by Gasteiger charge is 2.30. The van der Waals surface area contributed by atoms with Crippen LogP contribution in [0, 0.1) is 10.1 Å². The number of carbonyl (C=O) groups excluding carboxylic acids is 1. The Kier molecular flexibility index (Phi) is 7.54. The van der Waals surface area contributed by atoms with E-state index in [0.717, 1.165) is 6.07 Å². The van der Waals surface area contributed by atoms with E-state index in [2.05, 4.69) is 0 Å². The van der Waals surface area contributed by atoms with Crippen LogP contribution in [0.25, 0.3) is 0 Å². The summed E-state index contributed by atoms with van der Waals surface area (Å²) in [6.45, 7) is 5.48. The fourth-order valence-corrected chi connectivity index (χ4v) is 5.41. The molecule has 1 saturated heterocycles. The van der Waals surface area contributed by atoms with Gasteiger partial charge in [0.05, 0.1) is 22.5 Å². The topological polar surface area (TPSA) is 113 Å². The van der Waals surface area contributed by atoms with E-state index in [4.69, 9.17) is 4.74 Å². The molecule has 3 rings (SSSR count). The summed E-state index contributed by atoms with van der Waals surface area (Å²) in [7, 11) is -2.31. The van der Waals surface area contributed by atoms with Gasteiger partial charge in [-0.1, -0.05) is 26.0 Å². The number of hydrogen-bond acceptors (Lipinski definition) is 7. The van der Waals surface area contributed by atoms with Gasteiger partial charge in [-0.2, -0.15) is 4.31 Å². The van der Waals surface area contributed by atoms with E-state index in [-0.39, 0.29) is 29.6 Å². The van der Waals surface area contributed by atoms with E-state index in [0.29, 0.717) is 43.2 Å². The molecule has 2 aromatic carbocycles. The molecule has 0 atom stereocenters. The van der Waals surface area contributed by atoms with Crippen molar-refractivity contribution in [1.82, 2.24) is 9.21 Å². The zero-order valence-electron chi connectivity index (χ0n) is 18.9. The first-order valence-electron chi connectivity index (χ1n) is 10.7. The third-order valence-electron chi connectivity index (χ3n) is 5.73. The maximum atomic E-state index is 12.9. The lowest BCUT2D eigenvalue weighted by Gasteiger charge is -2.36. The van der Waals surface area contributed by atoms with Crippen molar-refractivity contribution in [3.8, 4) is 5.75 Å². The van der Waals surface area contributed by atoms with Gasteiger partial charge < -0.3 is 14.5 Å². The summed E-state index contributed by atoms with van der Waals surface area (Å²) < 4.78 is 32.1. The molecule has 1 aliphatic heterocycles. The number of rotatable bonds is 8. The van der Waals surface area contributed by atoms with Crippen LogP contribution in [0.15, 0.2) is 47.4 Å². The fourth-order valence-electron chi connectivity index (χ4n) is 3.93. The summed E-state index contributed by atoms with van der Waals surface area (Å²) in [6, 6.07) is 11.0. The molecular weight excluding hydrogens is 448 g/mol. The van der Waals surface area contributed by atoms with Crippen molar-refractivity contribution in [2.75, 3.05) is 51.3 Å². The lowest BCUT2D eigenvalue weighted by atomic mass is 10.1. The van der Waals surface area contributed by atoms with Gasteiger partial charge in [-0.05, 0) is 24.3 Å². The molecule has 0 saturated carbocycles. The van der Waals surface area contributed by atoms with Crippen LogP contribution in [0.4, 0.5) is 11.4 Å². The molecule has 0 unspecified atom stereocenters. The number of carbonyl (C=O) groups is 1. The maximum absolute atomic E-state index is 12.9. The molecule has 0 aromatic heterocycles. The van der Waals surface area contributed by atoms with Crippen molar-refractivity contribution >= 4 is 27.3 Å². The van der Waals surface area contributed by atoms with Gasteiger partial charge in [0.15, 0.2) is 0 Å². The minimum absolute atomic E-state index is 0.105. The molecule has 1 amide bonds. The van der Waals surface area contributed by atoms with Gasteiger partial charge >= 0.3 is 0 Å². The lowest BCUT2D eigenvalue weighted by Crippen LogP contribution is -2.49. The highest BCUT2D eigenvalue weighted by molar-refractivity contribution is 7.89. The van der Waals surface area contributed by atoms with Crippen LogP contribution < -0.4 is 9.64 Å². The summed E-state index contributed by atoms with van der Waals surface area (Å²) in [4.78, 5) is 27.5. The molecule has 1 heterocycles. The Hall–Kier alpha value is -3.18. The van der Waals surface area contributed by atoms with Crippen molar-refractivity contribution in [2.24, 2.45) is 0 Å². The molecule has 0 bridgehead atoms. The van der Waals surface area contributed by atoms with Crippen LogP contribution in [0.5, 0.6) is 5.75 Å². The van der Waals surface area contributed by atoms with E-state index in [1.54, 1.807) is 47.9 Å². The number of hydrogen-bond donors (Lipinski definition) is 0. The predicted octanol–water partition coefficient (Wildman–Crippen LogP) is 2.60. The Bertz CT molecular complexity index is 1130. The molecule has 1 fully saturated rings. The zero-order chi connectivity index (χ0) is 24.2. The highest BCUT2D eigenvalue weighted by atomic mass is 32.2. The number of benzene rings is 2. The van der Waals surface area contributed by atoms with Crippen molar-refractivity contribution in [3.63, 3.8) is 0 Å². The first-order valence-corrected chi connectivity index (χ1v) is 12.1. The van der Waals surface area contributed by atoms with E-state index in [1.807, 2.05) is 0 Å². The van der Waals surface area contributed by atoms with Crippen LogP contribution in [0.2, 0.25) is 0 Å². The quantitative estimate of drug-likeness (QED) is 0.425. The van der Waals surface area contributed by atoms with Crippen LogP contribution in [0.1, 0.15) is 24.2 Å². The summed E-state index contributed by atoms with van der Waals surface area (Å²) in [5.74, 6) is 0.327. The standard InChI is InChI=1S/C22H28N4O6S/c1-4-25(5-2)33(30,31)17-10-11-19(20(16-17)26(28)29)23-12-14-24(15-13-23)22(27)18-8-6-7-9-21(18)32-3/h6-11,16H,4-5,12-15H2,1-3H3. The Labute approximate surface area is 193 Å². The van der Waals surface area contributed by atoms with Crippen molar-refractivity contribution in [1.29, 1.82) is 0 Å². The van der Waals surface area contributed by atoms with Gasteiger partial charge in [-0.3, -0.25) is 14.9 Å². The van der Waals surface area contributed by atoms with Crippen molar-refractivity contribution in [2.45, 2.75) is 18.7 Å². The third-order valence-corrected chi connectivity index (χ3v) is 7.78. The second-order valence-corrected chi connectivity index (χ2v) is 9.41. The van der Waals surface area contributed by atoms with Gasteiger partial charge in [0.2, 0.25) is 10.0 Å². The number of para-hydroxylation sites is 1. The van der Waals surface area contributed by atoms with E-state index in [9.17, 15) is 23.3 Å². The maximum Gasteiger partial charge on any atom is 0.293 e. The number of nitro groups is 1. The highest BCUT2D eigenvalue weighted by Crippen LogP contribution is 2.33. The normalized spacial score (nSPS) is 14.4. The molecule has 33 heavy (non-hydrogen) atoms. The number of methoxy groups -OCH3 is 1. The molecule has 1 aliphatic rings. The third kappa shape index (κ3) is 4.93. The SMILES string of the molecule is CCN(CC)S(=O)(=O)c1ccc(N2CCN(C(=O)c3ccccc3OC)CC2)c([N+](=O)[O-])c1. The van der Waals surface area contributed by atoms with E-state index >= 15 is 0 Å². The average molecular weight is 477 g/mol. The molecule has 0 radical (unpaired) electrons. The Balaban J connectivity index is 1.81. The molecular formula is C22H28N4O6S. The second kappa shape index (κ2) is 10.2. The molecule has 178 valence electrons. The fraction of sp³-hybridized carbons (Fsp3) is 0.409. The largest absolute Gasteiger partial charge is 0.496 e. The lowest BCUT2D eigenvalue weighted by molar-refractivity contribution is -0.384. The number of nitrogens with zero attached hydrogens (tertiary/aromatic N) is 4. The zero-order valence-corrected chi connectivity index (χ0v) is 19.7. The number of anilines is 1. The van der Waals surface area contributed by atoms with E-state index in [1.165, 1.54) is 23.5 Å². The monoisotopic (exact) mass is 476 g/mol. The Morgan fingerprint density at radius 2 is 1.73 bits per heavy atom. The summed E-state index contributed by atoms with van der Waals surface area (Å²) >= 11 is 0. The first kappa shape index (κ1) is 24.5. The molecule has 0 aliphatic carbocycles. The first-order chi connectivity index (χ1) is 15.7. The molecule has 11 heteroatoms. The minimum Gasteiger partial charge on any atom is -0.496 e. The predicted molar refractivity (Wildman–Crippen MR) is 124 cm³/mol. The number of ether oxygens (including phenoxy) is 1. The minimum atomic E-state index is -3.82. The smallest absolute Gasteiger partial charge is 0.293 e. The van der Waals surface area contributed by atoms with Crippen LogP contribution in [-0.4, -0.2) is 74.8 Å². The van der Waals surface area contributed by atoms with Crippen LogP contribution >= 0.6 is 0 Å². The van der Waals surface area contributed by atoms with Gasteiger partial charge in [0.1, 0.15) is 11.4 Å². The summed E-state index contributed by atoms with van der Waals surface area (Å²) in [5, 5.41) is 11.8. The number of amides is 1. The summed E-state index contributed by atoms with van der Waals surface area (Å²) in [5.41, 5.74) is 0.529. The number of nitro benzene ring substituents is 1. The number of sulfonamides is 1. The average Bonchev–Trinajstić information content (AvgIpc) is 2.83. The molecule has 10 nitrogen and oxygen atoms in total. The van der Waals surface area contributed by atoms with Crippen molar-refractivity contribution < 1.29 is 22.9 Å². The molecule has 0 spiro atoms. The van der Waals surface area contributed by atoms with Gasteiger partial charge in [0, 0.05) is 45.3 Å². The molecule has 0 N–H and O–H groups in total. The number of piperazine rings is 1. The van der Waals surface area contributed by atoms with Crippen LogP contribution in [-0.2, 0) is 10.0 Å². The summed E-state index contributed by atoms with van der Waals surface area (Å²) in [6.07, 6.45) is 0. The van der Waals surface area contributed by atoms with Gasteiger partial charge in [-0.25, -0.2) is 8.42 Å². The van der Waals surface area contributed by atoms with Gasteiger partial charge in [-0.15, -0.1) is 0 Å². The van der Waals surface area contributed by atoms with Crippen LogP contribution in [0.3, 0.4) is 0 Å². The van der Waals surface area contributed by atoms with Crippen molar-refractivity contribution in [3.05, 3.63) is 58.1 Å². The van der Waals surface area contributed by atoms with Gasteiger partial charge in [0.25, 0.3) is 11.6 Å². The van der Waals surface area contributed by atoms with E-state index < -0.39 is 14.9 Å². The Morgan fingerprint density at radius 3 is 2.30 bits per heavy atom.